The van der Waals surface area contributed by atoms with Crippen molar-refractivity contribution in [2.24, 2.45) is 0 Å². The number of aliphatic hydroxyl groups is 2. The standard InChI is InChI=1S/C22H30Cl2N2O6S.2ClH/c1-25(2)11-15(27)13-31-21-7-5-17(9-19(21)23)33(29,30)18-6-8-22(20(24)10-18)32-14-16(28)12-26(3)4;;/h5-10,15-16,27-28H,11-14H2,1-4H3;2*1H. The summed E-state index contributed by atoms with van der Waals surface area (Å²) in [7, 11) is 3.75. The SMILES string of the molecule is C[NH+](C)CC(O)COc1ccc(S(=O)(=O)c2ccc(OCC(O)C[NH+](C)C)c(Cl)c2)cc1Cl.[Cl-].[Cl-]. The predicted octanol–water partition coefficient (Wildman–Crippen LogP) is -6.40. The Morgan fingerprint density at radius 1 is 0.771 bits per heavy atom. The first kappa shape index (κ1) is 34.0. The lowest BCUT2D eigenvalue weighted by Crippen LogP contribution is -3.07. The Morgan fingerprint density at radius 2 is 1.11 bits per heavy atom. The third-order valence-electron chi connectivity index (χ3n) is 4.58. The van der Waals surface area contributed by atoms with E-state index in [9.17, 15) is 18.6 Å². The molecule has 0 amide bonds. The van der Waals surface area contributed by atoms with Crippen LogP contribution in [0.2, 0.25) is 10.0 Å². The Bertz CT molecular complexity index is 965. The molecule has 0 aliphatic rings. The highest BCUT2D eigenvalue weighted by atomic mass is 35.5. The van der Waals surface area contributed by atoms with Gasteiger partial charge in [-0.05, 0) is 36.4 Å². The van der Waals surface area contributed by atoms with Crippen molar-refractivity contribution < 1.29 is 62.7 Å². The highest BCUT2D eigenvalue weighted by Crippen LogP contribution is 2.33. The first-order chi connectivity index (χ1) is 15.4. The van der Waals surface area contributed by atoms with E-state index < -0.39 is 22.0 Å². The van der Waals surface area contributed by atoms with E-state index in [0.717, 1.165) is 9.80 Å². The third kappa shape index (κ3) is 10.5. The zero-order valence-electron chi connectivity index (χ0n) is 19.9. The van der Waals surface area contributed by atoms with E-state index in [1.54, 1.807) is 0 Å². The summed E-state index contributed by atoms with van der Waals surface area (Å²) in [6.07, 6.45) is -1.36. The summed E-state index contributed by atoms with van der Waals surface area (Å²) in [5.74, 6) is 0.562. The molecule has 0 fully saturated rings. The van der Waals surface area contributed by atoms with Crippen molar-refractivity contribution in [2.75, 3.05) is 54.5 Å². The van der Waals surface area contributed by atoms with Crippen LogP contribution in [0.4, 0.5) is 0 Å². The van der Waals surface area contributed by atoms with E-state index in [1.807, 2.05) is 28.2 Å². The molecule has 8 nitrogen and oxygen atoms in total. The topological polar surface area (TPSA) is 102 Å². The molecule has 200 valence electrons. The highest BCUT2D eigenvalue weighted by molar-refractivity contribution is 7.91. The quantitative estimate of drug-likeness (QED) is 0.195. The van der Waals surface area contributed by atoms with E-state index in [4.69, 9.17) is 32.7 Å². The molecule has 0 spiro atoms. The molecule has 0 aliphatic heterocycles. The van der Waals surface area contributed by atoms with Gasteiger partial charge in [-0.25, -0.2) is 8.42 Å². The van der Waals surface area contributed by atoms with E-state index in [-0.39, 0.29) is 69.4 Å². The van der Waals surface area contributed by atoms with Crippen LogP contribution in [-0.2, 0) is 9.84 Å². The normalized spacial score (nSPS) is 13.1. The average molecular weight is 594 g/mol. The van der Waals surface area contributed by atoms with Crippen molar-refractivity contribution >= 4 is 33.0 Å². The molecule has 4 N–H and O–H groups in total. The number of ether oxygens (including phenoxy) is 2. The van der Waals surface area contributed by atoms with Crippen molar-refractivity contribution in [3.63, 3.8) is 0 Å². The Labute approximate surface area is 229 Å². The Hall–Kier alpha value is -1.01. The number of likely N-dealkylation sites (N-methyl/N-ethyl adjacent to an activating group) is 2. The van der Waals surface area contributed by atoms with E-state index in [0.29, 0.717) is 13.1 Å². The van der Waals surface area contributed by atoms with Gasteiger partial charge in [-0.1, -0.05) is 23.2 Å². The number of benzene rings is 2. The van der Waals surface area contributed by atoms with Crippen LogP contribution in [-0.4, -0.2) is 85.3 Å². The van der Waals surface area contributed by atoms with Crippen LogP contribution in [0.5, 0.6) is 11.5 Å². The van der Waals surface area contributed by atoms with Crippen LogP contribution in [0, 0.1) is 0 Å². The van der Waals surface area contributed by atoms with E-state index in [1.165, 1.54) is 36.4 Å². The van der Waals surface area contributed by atoms with Gasteiger partial charge in [0, 0.05) is 0 Å². The van der Waals surface area contributed by atoms with Gasteiger partial charge in [0.1, 0.15) is 50.0 Å². The monoisotopic (exact) mass is 592 g/mol. The molecular formula is C22H32Cl4N2O6S. The first-order valence-electron chi connectivity index (χ1n) is 10.4. The molecule has 2 rings (SSSR count). The summed E-state index contributed by atoms with van der Waals surface area (Å²) < 4.78 is 37.2. The maximum atomic E-state index is 13.1. The molecular weight excluding hydrogens is 562 g/mol. The lowest BCUT2D eigenvalue weighted by molar-refractivity contribution is -0.861. The fraction of sp³-hybridized carbons (Fsp3) is 0.455. The molecule has 0 radical (unpaired) electrons. The van der Waals surface area contributed by atoms with E-state index >= 15 is 0 Å². The number of quaternary nitrogens is 2. The van der Waals surface area contributed by atoms with Crippen LogP contribution in [0.25, 0.3) is 0 Å². The van der Waals surface area contributed by atoms with Crippen LogP contribution in [0.1, 0.15) is 0 Å². The molecule has 2 aromatic carbocycles. The number of halogens is 4. The van der Waals surface area contributed by atoms with Gasteiger partial charge < -0.3 is 54.3 Å². The van der Waals surface area contributed by atoms with Gasteiger partial charge in [0.2, 0.25) is 9.84 Å². The van der Waals surface area contributed by atoms with E-state index in [2.05, 4.69) is 0 Å². The zero-order chi connectivity index (χ0) is 24.8. The summed E-state index contributed by atoms with van der Waals surface area (Å²) in [6.45, 7) is 1.08. The van der Waals surface area contributed by atoms with Crippen molar-refractivity contribution in [3.8, 4) is 11.5 Å². The minimum absolute atomic E-state index is 0. The molecule has 0 heterocycles. The molecule has 2 aromatic rings. The lowest BCUT2D eigenvalue weighted by atomic mass is 10.3. The molecule has 13 heteroatoms. The zero-order valence-corrected chi connectivity index (χ0v) is 23.7. The lowest BCUT2D eigenvalue weighted by Gasteiger charge is -2.16. The molecule has 0 saturated carbocycles. The maximum absolute atomic E-state index is 13.1. The molecule has 0 aliphatic carbocycles. The minimum atomic E-state index is -3.90. The summed E-state index contributed by atoms with van der Waals surface area (Å²) in [6, 6.07) is 8.29. The number of aliphatic hydroxyl groups excluding tert-OH is 2. The minimum Gasteiger partial charge on any atom is -1.00 e. The highest BCUT2D eigenvalue weighted by Gasteiger charge is 2.21. The first-order valence-corrected chi connectivity index (χ1v) is 12.7. The average Bonchev–Trinajstić information content (AvgIpc) is 2.70. The van der Waals surface area contributed by atoms with Gasteiger partial charge in [0.05, 0.1) is 48.0 Å². The molecule has 0 bridgehead atoms. The van der Waals surface area contributed by atoms with Crippen LogP contribution in [0.3, 0.4) is 0 Å². The summed E-state index contributed by atoms with van der Waals surface area (Å²) in [4.78, 5) is 2.10. The second-order valence-electron chi connectivity index (χ2n) is 8.44. The van der Waals surface area contributed by atoms with Gasteiger partial charge >= 0.3 is 0 Å². The number of sulfone groups is 1. The number of hydrogen-bond donors (Lipinski definition) is 4. The smallest absolute Gasteiger partial charge is 0.206 e. The largest absolute Gasteiger partial charge is 1.00 e. The summed E-state index contributed by atoms with van der Waals surface area (Å²) in [5, 5.41) is 20.1. The second kappa shape index (κ2) is 15.3. The second-order valence-corrected chi connectivity index (χ2v) is 11.2. The van der Waals surface area contributed by atoms with Crippen molar-refractivity contribution in [1.82, 2.24) is 0 Å². The molecule has 2 unspecified atom stereocenters. The Balaban J connectivity index is 0.00000578. The molecule has 0 aromatic heterocycles. The fourth-order valence-electron chi connectivity index (χ4n) is 3.10. The summed E-state index contributed by atoms with van der Waals surface area (Å²) >= 11 is 12.5. The predicted molar refractivity (Wildman–Crippen MR) is 127 cm³/mol. The van der Waals surface area contributed by atoms with Crippen LogP contribution >= 0.6 is 23.2 Å². The fourth-order valence-corrected chi connectivity index (χ4v) is 5.01. The van der Waals surface area contributed by atoms with Crippen molar-refractivity contribution in [3.05, 3.63) is 46.4 Å². The van der Waals surface area contributed by atoms with Crippen LogP contribution in [0.15, 0.2) is 46.2 Å². The third-order valence-corrected chi connectivity index (χ3v) is 6.92. The summed E-state index contributed by atoms with van der Waals surface area (Å²) in [5.41, 5.74) is 0. The molecule has 0 saturated heterocycles. The van der Waals surface area contributed by atoms with Gasteiger partial charge in [-0.2, -0.15) is 0 Å². The van der Waals surface area contributed by atoms with Crippen molar-refractivity contribution in [1.29, 1.82) is 0 Å². The Morgan fingerprint density at radius 3 is 1.40 bits per heavy atom. The van der Waals surface area contributed by atoms with Gasteiger partial charge in [0.15, 0.2) is 0 Å². The number of hydrogen-bond acceptors (Lipinski definition) is 6. The van der Waals surface area contributed by atoms with Crippen molar-refractivity contribution in [2.45, 2.75) is 22.0 Å². The van der Waals surface area contributed by atoms with Gasteiger partial charge in [-0.3, -0.25) is 0 Å². The molecule has 35 heavy (non-hydrogen) atoms. The van der Waals surface area contributed by atoms with Gasteiger partial charge in [0.25, 0.3) is 0 Å². The Kier molecular flexibility index (Phi) is 14.8. The number of rotatable bonds is 12. The van der Waals surface area contributed by atoms with Crippen LogP contribution < -0.4 is 44.1 Å². The number of nitrogens with one attached hydrogen (secondary N) is 2. The van der Waals surface area contributed by atoms with Gasteiger partial charge in [-0.15, -0.1) is 0 Å². The maximum Gasteiger partial charge on any atom is 0.206 e. The molecule has 2 atom stereocenters.